The minimum absolute atomic E-state index is 0.0931. The monoisotopic (exact) mass is 409 g/mol. The van der Waals surface area contributed by atoms with Gasteiger partial charge in [0, 0.05) is 18.1 Å². The molecule has 8 heteroatoms. The molecule has 0 unspecified atom stereocenters. The maximum absolute atomic E-state index is 11.8. The molecule has 0 bridgehead atoms. The van der Waals surface area contributed by atoms with Crippen molar-refractivity contribution < 1.29 is 24.5 Å². The van der Waals surface area contributed by atoms with Gasteiger partial charge in [-0.05, 0) is 29.3 Å². The van der Waals surface area contributed by atoms with E-state index in [2.05, 4.69) is 15.3 Å². The smallest absolute Gasteiger partial charge is 0.326 e. The molecule has 30 heavy (non-hydrogen) atoms. The van der Waals surface area contributed by atoms with Crippen molar-refractivity contribution in [2.45, 2.75) is 19.1 Å². The number of methoxy groups -OCH3 is 2. The molecule has 1 heterocycles. The van der Waals surface area contributed by atoms with Crippen LogP contribution in [0.2, 0.25) is 0 Å². The van der Waals surface area contributed by atoms with Crippen LogP contribution < -0.4 is 14.8 Å². The molecular formula is C22H23N3O5. The van der Waals surface area contributed by atoms with Crippen LogP contribution in [0.25, 0.3) is 11.3 Å². The predicted octanol–water partition coefficient (Wildman–Crippen LogP) is 2.76. The van der Waals surface area contributed by atoms with Crippen molar-refractivity contribution in [3.05, 3.63) is 65.7 Å². The van der Waals surface area contributed by atoms with Gasteiger partial charge in [0.25, 0.3) is 0 Å². The number of nitrogens with zero attached hydrogens (tertiary/aromatic N) is 2. The van der Waals surface area contributed by atoms with Gasteiger partial charge >= 0.3 is 12.0 Å². The molecule has 1 aromatic heterocycles. The molecule has 8 nitrogen and oxygen atoms in total. The first-order chi connectivity index (χ1) is 14.5. The van der Waals surface area contributed by atoms with E-state index in [1.807, 2.05) is 24.3 Å². The number of aromatic nitrogens is 2. The van der Waals surface area contributed by atoms with Crippen LogP contribution in [0.15, 0.2) is 54.6 Å². The van der Waals surface area contributed by atoms with Crippen LogP contribution in [-0.2, 0) is 17.8 Å². The highest BCUT2D eigenvalue weighted by atomic mass is 16.5. The Bertz CT molecular complexity index is 1010. The van der Waals surface area contributed by atoms with Gasteiger partial charge in [-0.15, -0.1) is 0 Å². The summed E-state index contributed by atoms with van der Waals surface area (Å²) in [5, 5.41) is 22.0. The Morgan fingerprint density at radius 1 is 1.03 bits per heavy atom. The summed E-state index contributed by atoms with van der Waals surface area (Å²) in [6.45, 7) is -0.0931. The fourth-order valence-electron chi connectivity index (χ4n) is 2.94. The van der Waals surface area contributed by atoms with Gasteiger partial charge in [0.15, 0.2) is 0 Å². The van der Waals surface area contributed by atoms with E-state index in [0.717, 1.165) is 16.7 Å². The highest BCUT2D eigenvalue weighted by Gasteiger charge is 2.20. The number of hydrogen-bond donors (Lipinski definition) is 3. The zero-order valence-corrected chi connectivity index (χ0v) is 16.7. The van der Waals surface area contributed by atoms with E-state index < -0.39 is 12.0 Å². The predicted molar refractivity (Wildman–Crippen MR) is 112 cm³/mol. The first-order valence-electron chi connectivity index (χ1n) is 9.28. The molecule has 0 aliphatic rings. The number of benzene rings is 2. The Hall–Kier alpha value is -3.65. The lowest BCUT2D eigenvalue weighted by Gasteiger charge is -2.16. The van der Waals surface area contributed by atoms with Crippen LogP contribution >= 0.6 is 0 Å². The molecule has 0 saturated carbocycles. The Labute approximate surface area is 174 Å². The third kappa shape index (κ3) is 5.24. The van der Waals surface area contributed by atoms with Crippen LogP contribution in [0.3, 0.4) is 0 Å². The number of hydrogen-bond acceptors (Lipinski definition) is 7. The van der Waals surface area contributed by atoms with Gasteiger partial charge in [-0.2, -0.15) is 9.97 Å². The number of anilines is 1. The lowest BCUT2D eigenvalue weighted by molar-refractivity contribution is -0.137. The van der Waals surface area contributed by atoms with Crippen molar-refractivity contribution in [2.24, 2.45) is 0 Å². The summed E-state index contributed by atoms with van der Waals surface area (Å²) in [6, 6.07) is 15.3. The van der Waals surface area contributed by atoms with Gasteiger partial charge in [0.05, 0.1) is 26.5 Å². The van der Waals surface area contributed by atoms with Gasteiger partial charge in [-0.1, -0.05) is 30.3 Å². The molecule has 0 saturated heterocycles. The van der Waals surface area contributed by atoms with Crippen molar-refractivity contribution in [1.29, 1.82) is 0 Å². The average molecular weight is 409 g/mol. The fraction of sp³-hybridized carbons (Fsp3) is 0.227. The Kier molecular flexibility index (Phi) is 6.82. The second kappa shape index (κ2) is 9.71. The molecule has 0 radical (unpaired) electrons. The van der Waals surface area contributed by atoms with Gasteiger partial charge in [-0.25, -0.2) is 4.79 Å². The molecule has 1 atom stereocenters. The summed E-state index contributed by atoms with van der Waals surface area (Å²) in [5.74, 6) is 0.0215. The van der Waals surface area contributed by atoms with Crippen LogP contribution in [0.4, 0.5) is 5.82 Å². The number of carboxylic acids is 1. The molecule has 3 rings (SSSR count). The molecule has 156 valence electrons. The second-order valence-corrected chi connectivity index (χ2v) is 6.57. The lowest BCUT2D eigenvalue weighted by Crippen LogP contribution is -2.32. The highest BCUT2D eigenvalue weighted by Crippen LogP contribution is 2.24. The summed E-state index contributed by atoms with van der Waals surface area (Å²) in [5.41, 5.74) is 2.88. The summed E-state index contributed by atoms with van der Waals surface area (Å²) in [6.07, 6.45) is 0.251. The van der Waals surface area contributed by atoms with E-state index in [9.17, 15) is 15.0 Å². The second-order valence-electron chi connectivity index (χ2n) is 6.57. The zero-order valence-electron chi connectivity index (χ0n) is 16.7. The number of aliphatic hydroxyl groups is 1. The van der Waals surface area contributed by atoms with Crippen molar-refractivity contribution in [3.8, 4) is 23.0 Å². The summed E-state index contributed by atoms with van der Waals surface area (Å²) < 4.78 is 10.3. The molecule has 0 aliphatic heterocycles. The highest BCUT2D eigenvalue weighted by molar-refractivity contribution is 5.78. The van der Waals surface area contributed by atoms with E-state index in [4.69, 9.17) is 9.47 Å². The molecule has 3 aromatic rings. The summed E-state index contributed by atoms with van der Waals surface area (Å²) in [4.78, 5) is 20.4. The topological polar surface area (TPSA) is 114 Å². The van der Waals surface area contributed by atoms with Crippen molar-refractivity contribution in [3.63, 3.8) is 0 Å². The standard InChI is InChI=1S/C22H23N3O5/c1-29-17-8-6-14(7-9-17)11-19(21(27)28)23-20-12-18(24-22(25-20)30-2)16-5-3-4-15(10-16)13-26/h3-10,12,19,26H,11,13H2,1-2H3,(H,27,28)(H,23,24,25)/t19-/m0/s1. The quantitative estimate of drug-likeness (QED) is 0.494. The molecule has 0 spiro atoms. The molecule has 3 N–H and O–H groups in total. The van der Waals surface area contributed by atoms with Crippen LogP contribution in [-0.4, -0.2) is 46.4 Å². The molecule has 0 amide bonds. The minimum Gasteiger partial charge on any atom is -0.497 e. The van der Waals surface area contributed by atoms with E-state index in [0.29, 0.717) is 17.3 Å². The van der Waals surface area contributed by atoms with Crippen molar-refractivity contribution in [2.75, 3.05) is 19.5 Å². The largest absolute Gasteiger partial charge is 0.497 e. The number of ether oxygens (including phenoxy) is 2. The molecule has 0 fully saturated rings. The number of carbonyl (C=O) groups is 1. The van der Waals surface area contributed by atoms with Gasteiger partial charge in [0.1, 0.15) is 17.6 Å². The summed E-state index contributed by atoms with van der Waals surface area (Å²) in [7, 11) is 3.02. The number of aliphatic hydroxyl groups excluding tert-OH is 1. The van der Waals surface area contributed by atoms with E-state index >= 15 is 0 Å². The van der Waals surface area contributed by atoms with E-state index in [1.165, 1.54) is 7.11 Å². The number of aliphatic carboxylic acids is 1. The van der Waals surface area contributed by atoms with Crippen molar-refractivity contribution >= 4 is 11.8 Å². The molecule has 0 aliphatic carbocycles. The average Bonchev–Trinajstić information content (AvgIpc) is 2.78. The van der Waals surface area contributed by atoms with E-state index in [1.54, 1.807) is 37.4 Å². The number of rotatable bonds is 9. The Morgan fingerprint density at radius 3 is 2.43 bits per heavy atom. The Morgan fingerprint density at radius 2 is 1.80 bits per heavy atom. The first kappa shape index (κ1) is 21.1. The van der Waals surface area contributed by atoms with Gasteiger partial charge in [-0.3, -0.25) is 0 Å². The number of nitrogens with one attached hydrogen (secondary N) is 1. The van der Waals surface area contributed by atoms with Gasteiger partial charge < -0.3 is 25.0 Å². The van der Waals surface area contributed by atoms with Crippen LogP contribution in [0.1, 0.15) is 11.1 Å². The van der Waals surface area contributed by atoms with E-state index in [-0.39, 0.29) is 19.0 Å². The van der Waals surface area contributed by atoms with Gasteiger partial charge in [0.2, 0.25) is 0 Å². The minimum atomic E-state index is -1.01. The van der Waals surface area contributed by atoms with Crippen LogP contribution in [0.5, 0.6) is 11.8 Å². The SMILES string of the molecule is COc1ccc(C[C@H](Nc2cc(-c3cccc(CO)c3)nc(OC)n2)C(=O)O)cc1. The van der Waals surface area contributed by atoms with Crippen molar-refractivity contribution in [1.82, 2.24) is 9.97 Å². The molecule has 2 aromatic carbocycles. The maximum Gasteiger partial charge on any atom is 0.326 e. The third-order valence-corrected chi connectivity index (χ3v) is 4.51. The number of carboxylic acid groups (broad SMARTS) is 1. The first-order valence-corrected chi connectivity index (χ1v) is 9.28. The summed E-state index contributed by atoms with van der Waals surface area (Å²) >= 11 is 0. The molecular weight excluding hydrogens is 386 g/mol. The van der Waals surface area contributed by atoms with Crippen LogP contribution in [0, 0.1) is 0 Å². The maximum atomic E-state index is 11.8. The normalized spacial score (nSPS) is 11.6. The lowest BCUT2D eigenvalue weighted by atomic mass is 10.1. The Balaban J connectivity index is 1.87. The third-order valence-electron chi connectivity index (χ3n) is 4.51. The fourth-order valence-corrected chi connectivity index (χ4v) is 2.94. The zero-order chi connectivity index (χ0) is 21.5.